The molecule has 0 saturated heterocycles. The maximum atomic E-state index is 12.9. The Hall–Kier alpha value is -3.96. The van der Waals surface area contributed by atoms with Crippen molar-refractivity contribution >= 4 is 22.9 Å². The van der Waals surface area contributed by atoms with Crippen LogP contribution in [-0.2, 0) is 5.41 Å². The van der Waals surface area contributed by atoms with Gasteiger partial charge in [-0.1, -0.05) is 49.6 Å². The Morgan fingerprint density at radius 1 is 1.06 bits per heavy atom. The largest absolute Gasteiger partial charge is 0.346 e. The summed E-state index contributed by atoms with van der Waals surface area (Å²) < 4.78 is 0. The van der Waals surface area contributed by atoms with Crippen molar-refractivity contribution in [2.24, 2.45) is 0 Å². The first kappa shape index (κ1) is 20.0. The predicted molar refractivity (Wildman–Crippen MR) is 122 cm³/mol. The number of benzene rings is 2. The van der Waals surface area contributed by atoms with Crippen molar-refractivity contribution in [2.45, 2.75) is 37.5 Å². The molecule has 156 valence electrons. The van der Waals surface area contributed by atoms with Crippen LogP contribution in [0.25, 0.3) is 4.85 Å². The summed E-state index contributed by atoms with van der Waals surface area (Å²) in [6, 6.07) is 12.7. The molecule has 32 heavy (non-hydrogen) atoms. The molecule has 2 aromatic carbocycles. The lowest BCUT2D eigenvalue weighted by Crippen LogP contribution is -2.31. The number of nitriles is 1. The number of hydrogen-bond acceptors (Lipinski definition) is 4. The first-order chi connectivity index (χ1) is 15.5. The van der Waals surface area contributed by atoms with Crippen molar-refractivity contribution in [3.8, 4) is 6.07 Å². The second kappa shape index (κ2) is 7.32. The van der Waals surface area contributed by atoms with Crippen LogP contribution in [0.4, 0.5) is 11.4 Å². The molecule has 0 atom stereocenters. The number of carbonyl (C=O) groups is 2. The summed E-state index contributed by atoms with van der Waals surface area (Å²) in [5, 5.41) is 9.78. The Morgan fingerprint density at radius 2 is 1.72 bits per heavy atom. The fraction of sp³-hybridized carbons (Fsp3) is 0.259. The van der Waals surface area contributed by atoms with Crippen molar-refractivity contribution in [3.63, 3.8) is 0 Å². The molecule has 0 bridgehead atoms. The van der Waals surface area contributed by atoms with Crippen molar-refractivity contribution in [2.75, 3.05) is 11.9 Å². The molecular formula is C27H21N3O2. The second-order valence-corrected chi connectivity index (χ2v) is 8.65. The van der Waals surface area contributed by atoms with Gasteiger partial charge in [-0.3, -0.25) is 9.59 Å². The van der Waals surface area contributed by atoms with E-state index >= 15 is 0 Å². The predicted octanol–water partition coefficient (Wildman–Crippen LogP) is 5.65. The van der Waals surface area contributed by atoms with Gasteiger partial charge in [0.05, 0.1) is 29.5 Å². The number of likely N-dealkylation sites (N-methyl/N-ethyl adjacent to an activating group) is 1. The van der Waals surface area contributed by atoms with E-state index in [0.717, 1.165) is 49.1 Å². The highest BCUT2D eigenvalue weighted by Crippen LogP contribution is 2.56. The van der Waals surface area contributed by atoms with Gasteiger partial charge in [0.2, 0.25) is 0 Å². The maximum Gasteiger partial charge on any atom is 0.197 e. The van der Waals surface area contributed by atoms with E-state index < -0.39 is 0 Å². The van der Waals surface area contributed by atoms with E-state index in [1.54, 1.807) is 36.4 Å². The van der Waals surface area contributed by atoms with Gasteiger partial charge in [-0.15, -0.1) is 0 Å². The van der Waals surface area contributed by atoms with Crippen LogP contribution in [0.2, 0.25) is 0 Å². The summed E-state index contributed by atoms with van der Waals surface area (Å²) in [4.78, 5) is 31.3. The third-order valence-electron chi connectivity index (χ3n) is 7.07. The first-order valence-electron chi connectivity index (χ1n) is 10.8. The zero-order valence-corrected chi connectivity index (χ0v) is 17.8. The maximum absolute atomic E-state index is 12.9. The number of ketones is 2. The van der Waals surface area contributed by atoms with Gasteiger partial charge < -0.3 is 4.90 Å². The van der Waals surface area contributed by atoms with Crippen molar-refractivity contribution in [1.82, 2.24) is 0 Å². The molecule has 0 amide bonds. The van der Waals surface area contributed by atoms with E-state index in [-0.39, 0.29) is 22.6 Å². The van der Waals surface area contributed by atoms with Crippen LogP contribution in [0, 0.1) is 17.9 Å². The summed E-state index contributed by atoms with van der Waals surface area (Å²) in [5.74, 6) is -0.488. The lowest BCUT2D eigenvalue weighted by Gasteiger charge is -2.36. The fourth-order valence-corrected chi connectivity index (χ4v) is 5.61. The lowest BCUT2D eigenvalue weighted by atomic mass is 9.68. The number of Topliss-reactive ketones (excluding diaryl/α,β-unsaturated/α-hetero) is 2. The minimum absolute atomic E-state index is 0.177. The Morgan fingerprint density at radius 3 is 2.31 bits per heavy atom. The molecule has 0 unspecified atom stereocenters. The molecule has 1 saturated carbocycles. The average Bonchev–Trinajstić information content (AvgIpc) is 3.20. The topological polar surface area (TPSA) is 65.5 Å². The highest BCUT2D eigenvalue weighted by atomic mass is 16.2. The number of fused-ring (bicyclic) bond motifs is 3. The normalized spacial score (nSPS) is 19.7. The number of hydrogen-bond donors (Lipinski definition) is 0. The van der Waals surface area contributed by atoms with Gasteiger partial charge in [-0.25, -0.2) is 4.85 Å². The summed E-state index contributed by atoms with van der Waals surface area (Å²) in [6.45, 7) is 7.49. The van der Waals surface area contributed by atoms with Gasteiger partial charge in [0.15, 0.2) is 17.3 Å². The number of rotatable bonds is 1. The van der Waals surface area contributed by atoms with E-state index in [9.17, 15) is 14.9 Å². The number of nitrogens with zero attached hydrogens (tertiary/aromatic N) is 3. The molecule has 1 aliphatic heterocycles. The Bertz CT molecular complexity index is 1290. The van der Waals surface area contributed by atoms with Crippen LogP contribution >= 0.6 is 0 Å². The van der Waals surface area contributed by atoms with Crippen LogP contribution in [0.1, 0.15) is 63.9 Å². The summed E-state index contributed by atoms with van der Waals surface area (Å²) in [6.07, 6.45) is 8.61. The molecule has 5 heteroatoms. The number of allylic oxidation sites excluding steroid dienone is 4. The van der Waals surface area contributed by atoms with Crippen LogP contribution in [0.3, 0.4) is 0 Å². The third kappa shape index (κ3) is 2.68. The molecule has 2 aliphatic carbocycles. The van der Waals surface area contributed by atoms with Crippen LogP contribution < -0.4 is 4.90 Å². The zero-order valence-electron chi connectivity index (χ0n) is 17.8. The summed E-state index contributed by atoms with van der Waals surface area (Å²) in [7, 11) is 1.93. The van der Waals surface area contributed by atoms with E-state index in [1.165, 1.54) is 0 Å². The second-order valence-electron chi connectivity index (χ2n) is 8.65. The monoisotopic (exact) mass is 419 g/mol. The standard InChI is InChI=1S/C27H21N3O2/c1-29-18-14-17(16-28)24-22(15-18)27(12-6-3-7-13-27)23(30(24)2)11-10-21-25(31)19-8-4-5-9-20(19)26(21)32/h4-5,8-11,14-15H,3,6-7,12-13H2,2H3/b23-11+. The van der Waals surface area contributed by atoms with Crippen molar-refractivity contribution in [3.05, 3.63) is 93.5 Å². The molecule has 5 nitrogen and oxygen atoms in total. The Kier molecular flexibility index (Phi) is 4.57. The number of anilines is 1. The minimum Gasteiger partial charge on any atom is -0.346 e. The van der Waals surface area contributed by atoms with Crippen LogP contribution in [0.15, 0.2) is 59.8 Å². The quantitative estimate of drug-likeness (QED) is 0.340. The van der Waals surface area contributed by atoms with Crippen LogP contribution in [-0.4, -0.2) is 18.6 Å². The third-order valence-corrected chi connectivity index (χ3v) is 7.07. The highest BCUT2D eigenvalue weighted by Gasteiger charge is 2.47. The van der Waals surface area contributed by atoms with Crippen molar-refractivity contribution < 1.29 is 9.59 Å². The molecule has 0 N–H and O–H groups in total. The highest BCUT2D eigenvalue weighted by molar-refractivity contribution is 6.39. The SMILES string of the molecule is [C-]#[N+]c1cc(C#N)c2c(c1)C1(CCCCC1)/C(=C\C=C1C(=O)c3ccccc3C1=O)N2C. The van der Waals surface area contributed by atoms with Gasteiger partial charge in [0, 0.05) is 29.3 Å². The molecule has 1 heterocycles. The number of carbonyl (C=O) groups excluding carboxylic acids is 2. The Balaban J connectivity index is 1.68. The van der Waals surface area contributed by atoms with Gasteiger partial charge in [-0.2, -0.15) is 5.26 Å². The Labute approximate surface area is 187 Å². The molecule has 2 aromatic rings. The molecule has 0 aromatic heterocycles. The molecular weight excluding hydrogens is 398 g/mol. The van der Waals surface area contributed by atoms with E-state index in [4.69, 9.17) is 6.57 Å². The van der Waals surface area contributed by atoms with Gasteiger partial charge in [0.25, 0.3) is 0 Å². The summed E-state index contributed by atoms with van der Waals surface area (Å²) in [5.41, 5.74) is 4.54. The molecule has 3 aliphatic rings. The fourth-order valence-electron chi connectivity index (χ4n) is 5.61. The molecule has 5 rings (SSSR count). The molecule has 1 fully saturated rings. The zero-order chi connectivity index (χ0) is 22.5. The molecule has 1 spiro atoms. The van der Waals surface area contributed by atoms with Crippen molar-refractivity contribution in [1.29, 1.82) is 5.26 Å². The van der Waals surface area contributed by atoms with E-state index in [1.807, 2.05) is 24.1 Å². The van der Waals surface area contributed by atoms with Crippen LogP contribution in [0.5, 0.6) is 0 Å². The minimum atomic E-state index is -0.316. The van der Waals surface area contributed by atoms with E-state index in [0.29, 0.717) is 22.4 Å². The summed E-state index contributed by atoms with van der Waals surface area (Å²) >= 11 is 0. The van der Waals surface area contributed by atoms with E-state index in [2.05, 4.69) is 10.9 Å². The van der Waals surface area contributed by atoms with Gasteiger partial charge >= 0.3 is 0 Å². The van der Waals surface area contributed by atoms with Gasteiger partial charge in [0.1, 0.15) is 0 Å². The van der Waals surface area contributed by atoms with Gasteiger partial charge in [-0.05, 0) is 36.6 Å². The average molecular weight is 419 g/mol. The lowest BCUT2D eigenvalue weighted by molar-refractivity contribution is 0.0988. The first-order valence-corrected chi connectivity index (χ1v) is 10.8. The molecule has 0 radical (unpaired) electrons. The smallest absolute Gasteiger partial charge is 0.197 e.